The van der Waals surface area contributed by atoms with Gasteiger partial charge in [-0.3, -0.25) is 37.3 Å². The zero-order chi connectivity index (χ0) is 63.9. The summed E-state index contributed by atoms with van der Waals surface area (Å²) in [4.78, 5) is 72.3. The van der Waals surface area contributed by atoms with E-state index in [9.17, 15) is 43.2 Å². The van der Waals surface area contributed by atoms with Crippen LogP contribution < -0.4 is 0 Å². The second-order valence-electron chi connectivity index (χ2n) is 25.9. The molecule has 0 heterocycles. The smallest absolute Gasteiger partial charge is 0.462 e. The van der Waals surface area contributed by atoms with Gasteiger partial charge in [-0.05, 0) is 49.4 Å². The van der Waals surface area contributed by atoms with Gasteiger partial charge in [-0.25, -0.2) is 9.13 Å². The van der Waals surface area contributed by atoms with E-state index in [4.69, 9.17) is 37.0 Å². The van der Waals surface area contributed by atoms with E-state index in [2.05, 4.69) is 55.4 Å². The Balaban J connectivity index is 5.21. The van der Waals surface area contributed by atoms with Crippen LogP contribution in [-0.4, -0.2) is 96.7 Å². The van der Waals surface area contributed by atoms with Crippen LogP contribution in [0.1, 0.15) is 325 Å². The summed E-state index contributed by atoms with van der Waals surface area (Å²) in [7, 11) is -9.89. The second-order valence-corrected chi connectivity index (χ2v) is 28.8. The molecule has 0 fully saturated rings. The molecule has 0 aliphatic heterocycles. The third-order valence-electron chi connectivity index (χ3n) is 15.7. The first kappa shape index (κ1) is 84.1. The standard InChI is InChI=1S/C67H130O17P2/c1-9-60(8)46-38-30-24-26-32-40-48-65(70)78-54-63(84-67(72)50-42-34-22-18-20-28-36-44-58(4)5)56-82-86(75,76)80-52-61(68)51-79-85(73,74)81-55-62(53-77-64(69)47-39-31-25-23-29-37-45-59(6)7)83-66(71)49-41-33-21-17-15-13-11-10-12-14-16-19-27-35-43-57(2)3/h57-63,68H,9-56H2,1-8H3,(H,73,74)(H,75,76)/t60?,61-,62-,63-/m1/s1. The summed E-state index contributed by atoms with van der Waals surface area (Å²) in [6.07, 6.45) is 37.9. The van der Waals surface area contributed by atoms with Crippen molar-refractivity contribution >= 4 is 39.5 Å². The minimum absolute atomic E-state index is 0.102. The Hall–Kier alpha value is -1.94. The van der Waals surface area contributed by atoms with Gasteiger partial charge in [-0.1, -0.05) is 274 Å². The van der Waals surface area contributed by atoms with Gasteiger partial charge in [0.2, 0.25) is 0 Å². The van der Waals surface area contributed by atoms with Crippen LogP contribution in [0.2, 0.25) is 0 Å². The lowest BCUT2D eigenvalue weighted by molar-refractivity contribution is -0.161. The molecule has 86 heavy (non-hydrogen) atoms. The molecule has 6 atom stereocenters. The molecule has 0 aliphatic carbocycles. The summed E-state index contributed by atoms with van der Waals surface area (Å²) >= 11 is 0. The highest BCUT2D eigenvalue weighted by atomic mass is 31.2. The van der Waals surface area contributed by atoms with Crippen LogP contribution in [0.3, 0.4) is 0 Å². The molecular weight excluding hydrogens is 1140 g/mol. The maximum Gasteiger partial charge on any atom is 0.472 e. The summed E-state index contributed by atoms with van der Waals surface area (Å²) in [5.41, 5.74) is 0. The van der Waals surface area contributed by atoms with Crippen molar-refractivity contribution in [3.8, 4) is 0 Å². The van der Waals surface area contributed by atoms with Gasteiger partial charge in [0.25, 0.3) is 0 Å². The van der Waals surface area contributed by atoms with Crippen LogP contribution in [0.4, 0.5) is 0 Å². The zero-order valence-electron chi connectivity index (χ0n) is 55.9. The van der Waals surface area contributed by atoms with Gasteiger partial charge in [0.15, 0.2) is 12.2 Å². The van der Waals surface area contributed by atoms with E-state index in [-0.39, 0.29) is 25.7 Å². The summed E-state index contributed by atoms with van der Waals surface area (Å²) in [5, 5.41) is 10.6. The zero-order valence-corrected chi connectivity index (χ0v) is 57.7. The molecule has 0 saturated carbocycles. The van der Waals surface area contributed by atoms with E-state index in [1.807, 2.05) is 0 Å². The van der Waals surface area contributed by atoms with Gasteiger partial charge in [0, 0.05) is 25.7 Å². The Kier molecular flexibility index (Phi) is 55.7. The fourth-order valence-corrected chi connectivity index (χ4v) is 11.5. The molecule has 510 valence electrons. The van der Waals surface area contributed by atoms with E-state index < -0.39 is 97.5 Å². The number of esters is 4. The van der Waals surface area contributed by atoms with Crippen molar-refractivity contribution in [1.29, 1.82) is 0 Å². The van der Waals surface area contributed by atoms with Crippen molar-refractivity contribution in [3.05, 3.63) is 0 Å². The Labute approximate surface area is 524 Å². The average Bonchev–Trinajstić information content (AvgIpc) is 3.63. The molecule has 0 aromatic heterocycles. The molecule has 0 aliphatic rings. The van der Waals surface area contributed by atoms with Crippen LogP contribution in [0.15, 0.2) is 0 Å². The maximum absolute atomic E-state index is 13.0. The number of phosphoric acid groups is 2. The first-order chi connectivity index (χ1) is 41.1. The molecule has 19 heteroatoms. The van der Waals surface area contributed by atoms with Crippen molar-refractivity contribution in [3.63, 3.8) is 0 Å². The summed E-state index contributed by atoms with van der Waals surface area (Å²) in [6.45, 7) is 14.0. The molecule has 0 aromatic carbocycles. The van der Waals surface area contributed by atoms with Gasteiger partial charge >= 0.3 is 39.5 Å². The molecular formula is C67H130O17P2. The number of hydrogen-bond donors (Lipinski definition) is 3. The number of carbonyl (C=O) groups excluding carboxylic acids is 4. The molecule has 0 saturated heterocycles. The van der Waals surface area contributed by atoms with Crippen LogP contribution >= 0.6 is 15.6 Å². The quantitative estimate of drug-likeness (QED) is 0.0222. The van der Waals surface area contributed by atoms with E-state index in [1.165, 1.54) is 116 Å². The molecule has 17 nitrogen and oxygen atoms in total. The van der Waals surface area contributed by atoms with Crippen LogP contribution in [0, 0.1) is 23.7 Å². The molecule has 0 radical (unpaired) electrons. The number of aliphatic hydroxyl groups excluding tert-OH is 1. The molecule has 3 unspecified atom stereocenters. The third kappa shape index (κ3) is 59.7. The van der Waals surface area contributed by atoms with Crippen molar-refractivity contribution in [1.82, 2.24) is 0 Å². The first-order valence-corrected chi connectivity index (χ1v) is 37.7. The number of rotatable bonds is 64. The fourth-order valence-electron chi connectivity index (χ4n) is 9.93. The topological polar surface area (TPSA) is 237 Å². The fraction of sp³-hybridized carbons (Fsp3) is 0.940. The normalized spacial score (nSPS) is 14.7. The summed E-state index contributed by atoms with van der Waals surface area (Å²) in [6, 6.07) is 0. The van der Waals surface area contributed by atoms with E-state index in [0.717, 1.165) is 115 Å². The van der Waals surface area contributed by atoms with Gasteiger partial charge in [0.1, 0.15) is 19.3 Å². The molecule has 0 amide bonds. The average molecular weight is 1270 g/mol. The Morgan fingerprint density at radius 2 is 0.558 bits per heavy atom. The van der Waals surface area contributed by atoms with E-state index in [0.29, 0.717) is 37.5 Å². The lowest BCUT2D eigenvalue weighted by atomic mass is 10.00. The monoisotopic (exact) mass is 1270 g/mol. The predicted octanol–water partition coefficient (Wildman–Crippen LogP) is 18.5. The number of aliphatic hydroxyl groups is 1. The van der Waals surface area contributed by atoms with Crippen molar-refractivity contribution in [2.45, 2.75) is 343 Å². The van der Waals surface area contributed by atoms with Crippen LogP contribution in [0.5, 0.6) is 0 Å². The Bertz CT molecular complexity index is 1720. The van der Waals surface area contributed by atoms with Crippen LogP contribution in [0.25, 0.3) is 0 Å². The molecule has 0 bridgehead atoms. The molecule has 0 spiro atoms. The van der Waals surface area contributed by atoms with Gasteiger partial charge < -0.3 is 33.8 Å². The minimum atomic E-state index is -4.95. The molecule has 3 N–H and O–H groups in total. The lowest BCUT2D eigenvalue weighted by Crippen LogP contribution is -2.30. The highest BCUT2D eigenvalue weighted by Gasteiger charge is 2.30. The Morgan fingerprint density at radius 3 is 0.826 bits per heavy atom. The van der Waals surface area contributed by atoms with Gasteiger partial charge in [-0.15, -0.1) is 0 Å². The van der Waals surface area contributed by atoms with Gasteiger partial charge in [-0.2, -0.15) is 0 Å². The SMILES string of the molecule is CCC(C)CCCCCCCCC(=O)OC[C@H](COP(=O)(O)OC[C@H](O)COP(=O)(O)OC[C@@H](COC(=O)CCCCCCCCC(C)C)OC(=O)CCCCCCCCCCCCCCCCC(C)C)OC(=O)CCCCCCCCCC(C)C. The van der Waals surface area contributed by atoms with Gasteiger partial charge in [0.05, 0.1) is 26.4 Å². The third-order valence-corrected chi connectivity index (χ3v) is 17.6. The number of ether oxygens (including phenoxy) is 4. The summed E-state index contributed by atoms with van der Waals surface area (Å²) < 4.78 is 68.1. The number of carbonyl (C=O) groups is 4. The first-order valence-electron chi connectivity index (χ1n) is 34.7. The second kappa shape index (κ2) is 57.0. The Morgan fingerprint density at radius 1 is 0.326 bits per heavy atom. The number of hydrogen-bond acceptors (Lipinski definition) is 15. The minimum Gasteiger partial charge on any atom is -0.462 e. The lowest BCUT2D eigenvalue weighted by Gasteiger charge is -2.21. The highest BCUT2D eigenvalue weighted by molar-refractivity contribution is 7.47. The van der Waals surface area contributed by atoms with Crippen LogP contribution in [-0.2, 0) is 65.4 Å². The number of unbranched alkanes of at least 4 members (excludes halogenated alkanes) is 29. The number of phosphoric ester groups is 2. The largest absolute Gasteiger partial charge is 0.472 e. The predicted molar refractivity (Wildman–Crippen MR) is 344 cm³/mol. The summed E-state index contributed by atoms with van der Waals surface area (Å²) in [5.74, 6) is 0.763. The van der Waals surface area contributed by atoms with Crippen molar-refractivity contribution < 1.29 is 80.2 Å². The van der Waals surface area contributed by atoms with Crippen molar-refractivity contribution in [2.75, 3.05) is 39.6 Å². The highest BCUT2D eigenvalue weighted by Crippen LogP contribution is 2.45. The molecule has 0 aromatic rings. The van der Waals surface area contributed by atoms with E-state index in [1.54, 1.807) is 0 Å². The van der Waals surface area contributed by atoms with Crippen molar-refractivity contribution in [2.24, 2.45) is 23.7 Å². The maximum atomic E-state index is 13.0. The molecule has 0 rings (SSSR count). The van der Waals surface area contributed by atoms with E-state index >= 15 is 0 Å².